The highest BCUT2D eigenvalue weighted by atomic mass is 15.2. The van der Waals surface area contributed by atoms with Crippen LogP contribution in [0, 0.1) is 0 Å². The lowest BCUT2D eigenvalue weighted by molar-refractivity contribution is 0.588. The highest BCUT2D eigenvalue weighted by Gasteiger charge is 2.44. The summed E-state index contributed by atoms with van der Waals surface area (Å²) >= 11 is 0. The summed E-state index contributed by atoms with van der Waals surface area (Å²) in [5.74, 6) is -0.0956. The number of nitrogens with zero attached hydrogens (tertiary/aromatic N) is 4. The summed E-state index contributed by atoms with van der Waals surface area (Å²) in [6.07, 6.45) is 0. The Balaban J connectivity index is 1.30. The van der Waals surface area contributed by atoms with Crippen molar-refractivity contribution in [2.24, 2.45) is 0 Å². The number of hydrogen-bond donors (Lipinski definition) is 0. The Bertz CT molecular complexity index is 4280. The van der Waals surface area contributed by atoms with Crippen LogP contribution in [-0.4, -0.2) is 13.7 Å². The molecule has 2 aliphatic rings. The van der Waals surface area contributed by atoms with E-state index < -0.39 is 0 Å². The van der Waals surface area contributed by atoms with Gasteiger partial charge in [-0.3, -0.25) is 0 Å². The van der Waals surface area contributed by atoms with Gasteiger partial charge in [0, 0.05) is 55.2 Å². The normalized spacial score (nSPS) is 14.5. The first-order valence-electron chi connectivity index (χ1n) is 27.1. The molecule has 4 nitrogen and oxygen atoms in total. The first-order valence-corrected chi connectivity index (χ1v) is 27.1. The number of hydrogen-bond acceptors (Lipinski definition) is 1. The van der Waals surface area contributed by atoms with Crippen molar-refractivity contribution in [3.63, 3.8) is 0 Å². The molecular formula is C71H66N4. The molecule has 2 aliphatic heterocycles. The second-order valence-electron chi connectivity index (χ2n) is 25.9. The number of para-hydroxylation sites is 4. The first kappa shape index (κ1) is 45.8. The van der Waals surface area contributed by atoms with Crippen LogP contribution >= 0.6 is 0 Å². The summed E-state index contributed by atoms with van der Waals surface area (Å²) in [5, 5.41) is 7.72. The van der Waals surface area contributed by atoms with Crippen molar-refractivity contribution in [3.05, 3.63) is 215 Å². The molecule has 0 N–H and O–H groups in total. The maximum atomic E-state index is 2.72. The molecule has 0 radical (unpaired) electrons. The van der Waals surface area contributed by atoms with E-state index in [1.54, 1.807) is 0 Å². The summed E-state index contributed by atoms with van der Waals surface area (Å²) in [6.45, 7) is 28.4. The van der Waals surface area contributed by atoms with Gasteiger partial charge in [0.25, 0.3) is 0 Å². The maximum Gasteiger partial charge on any atom is 0.0951 e. The molecule has 0 aliphatic carbocycles. The Morgan fingerprint density at radius 3 is 1.20 bits per heavy atom. The molecule has 4 heteroatoms. The summed E-state index contributed by atoms with van der Waals surface area (Å²) in [7, 11) is 0. The molecule has 370 valence electrons. The number of anilines is 3. The van der Waals surface area contributed by atoms with Crippen LogP contribution in [0.3, 0.4) is 0 Å². The molecule has 9 aromatic carbocycles. The smallest absolute Gasteiger partial charge is 0.0951 e. The summed E-state index contributed by atoms with van der Waals surface area (Å²) < 4.78 is 7.99. The van der Waals surface area contributed by atoms with Crippen molar-refractivity contribution in [2.45, 2.75) is 111 Å². The molecule has 1 atom stereocenters. The molecule has 5 heterocycles. The largest absolute Gasteiger partial charge is 0.308 e. The van der Waals surface area contributed by atoms with Crippen molar-refractivity contribution in [3.8, 4) is 17.1 Å². The minimum Gasteiger partial charge on any atom is -0.308 e. The predicted octanol–water partition coefficient (Wildman–Crippen LogP) is 19.4. The quantitative estimate of drug-likeness (QED) is 0.172. The van der Waals surface area contributed by atoms with Gasteiger partial charge in [-0.05, 0) is 134 Å². The van der Waals surface area contributed by atoms with Crippen molar-refractivity contribution in [1.29, 1.82) is 0 Å². The van der Waals surface area contributed by atoms with E-state index in [1.165, 1.54) is 116 Å². The lowest BCUT2D eigenvalue weighted by atomic mass is 9.73. The second-order valence-corrected chi connectivity index (χ2v) is 25.9. The number of fused-ring (bicyclic) bond motifs is 13. The van der Waals surface area contributed by atoms with E-state index in [-0.39, 0.29) is 27.6 Å². The molecule has 12 aromatic rings. The highest BCUT2D eigenvalue weighted by Crippen LogP contribution is 2.60. The minimum atomic E-state index is -0.109. The van der Waals surface area contributed by atoms with E-state index in [0.29, 0.717) is 0 Å². The molecule has 0 bridgehead atoms. The van der Waals surface area contributed by atoms with Gasteiger partial charge < -0.3 is 18.6 Å². The van der Waals surface area contributed by atoms with Gasteiger partial charge in [0.05, 0.1) is 55.8 Å². The Hall–Kier alpha value is -7.82. The lowest BCUT2D eigenvalue weighted by Crippen LogP contribution is -2.27. The predicted molar refractivity (Wildman–Crippen MR) is 320 cm³/mol. The van der Waals surface area contributed by atoms with E-state index >= 15 is 0 Å². The maximum absolute atomic E-state index is 2.72. The molecule has 75 heavy (non-hydrogen) atoms. The molecule has 0 amide bonds. The molecule has 3 aromatic heterocycles. The molecule has 0 fully saturated rings. The lowest BCUT2D eigenvalue weighted by Gasteiger charge is -2.40. The molecular weight excluding hydrogens is 909 g/mol. The zero-order valence-electron chi connectivity index (χ0n) is 45.6. The fraction of sp³-hybridized carbons (Fsp3) is 0.239. The Labute approximate surface area is 441 Å². The Kier molecular flexibility index (Phi) is 9.39. The van der Waals surface area contributed by atoms with Crippen LogP contribution in [-0.2, 0) is 21.7 Å². The van der Waals surface area contributed by atoms with Gasteiger partial charge in [0.2, 0.25) is 0 Å². The fourth-order valence-electron chi connectivity index (χ4n) is 13.0. The summed E-state index contributed by atoms with van der Waals surface area (Å²) in [6, 6.07) is 67.9. The van der Waals surface area contributed by atoms with Gasteiger partial charge in [-0.1, -0.05) is 180 Å². The first-order chi connectivity index (χ1) is 35.8. The van der Waals surface area contributed by atoms with Crippen molar-refractivity contribution < 1.29 is 0 Å². The fourth-order valence-corrected chi connectivity index (χ4v) is 13.0. The van der Waals surface area contributed by atoms with E-state index in [9.17, 15) is 0 Å². The highest BCUT2D eigenvalue weighted by molar-refractivity contribution is 6.18. The molecule has 14 rings (SSSR count). The average Bonchev–Trinajstić information content (AvgIpc) is 4.02. The zero-order valence-corrected chi connectivity index (χ0v) is 45.6. The van der Waals surface area contributed by atoms with Crippen LogP contribution in [0.1, 0.15) is 128 Å². The number of benzene rings is 9. The van der Waals surface area contributed by atoms with Crippen LogP contribution in [0.2, 0.25) is 0 Å². The van der Waals surface area contributed by atoms with Gasteiger partial charge in [-0.15, -0.1) is 0 Å². The van der Waals surface area contributed by atoms with Crippen LogP contribution in [0.15, 0.2) is 176 Å². The summed E-state index contributed by atoms with van der Waals surface area (Å²) in [5.41, 5.74) is 23.5. The molecule has 0 saturated heterocycles. The van der Waals surface area contributed by atoms with Gasteiger partial charge >= 0.3 is 0 Å². The van der Waals surface area contributed by atoms with E-state index in [1.807, 2.05) is 0 Å². The van der Waals surface area contributed by atoms with Crippen molar-refractivity contribution in [1.82, 2.24) is 13.7 Å². The van der Waals surface area contributed by atoms with Crippen LogP contribution < -0.4 is 4.90 Å². The monoisotopic (exact) mass is 975 g/mol. The molecule has 0 spiro atoms. The van der Waals surface area contributed by atoms with Gasteiger partial charge in [-0.25, -0.2) is 0 Å². The average molecular weight is 975 g/mol. The van der Waals surface area contributed by atoms with Crippen LogP contribution in [0.5, 0.6) is 0 Å². The standard InChI is InChI=1S/C71H66N4/c1-68(2,3)42-31-33-58-50(35-42)52-37-44(70(7,8)9)39-54-62-55-40-45(71(10,11)12)38-53-51-36-43(69(4,5)6)32-34-59(51)75(65(53)55)67-63(62)60(74(58)64(52)54)41-61(73-56-29-21-19-27-48(56)49-28-20-22-30-57(49)73)66(67)72(46-23-15-13-16-24-46)47-25-17-14-18-26-47/h13-41,62H,1-12H3. The Morgan fingerprint density at radius 2 is 0.733 bits per heavy atom. The third kappa shape index (κ3) is 6.54. The second kappa shape index (κ2) is 15.4. The van der Waals surface area contributed by atoms with E-state index in [0.717, 1.165) is 22.7 Å². The topological polar surface area (TPSA) is 18.0 Å². The molecule has 1 unspecified atom stereocenters. The summed E-state index contributed by atoms with van der Waals surface area (Å²) in [4.78, 5) is 2.57. The van der Waals surface area contributed by atoms with Crippen LogP contribution in [0.25, 0.3) is 82.5 Å². The minimum absolute atomic E-state index is 0.0306. The Morgan fingerprint density at radius 1 is 0.333 bits per heavy atom. The number of rotatable bonds is 4. The van der Waals surface area contributed by atoms with E-state index in [2.05, 4.69) is 278 Å². The van der Waals surface area contributed by atoms with Gasteiger partial charge in [0.1, 0.15) is 0 Å². The van der Waals surface area contributed by atoms with Crippen molar-refractivity contribution >= 4 is 82.5 Å². The third-order valence-corrected chi connectivity index (χ3v) is 17.0. The molecule has 0 saturated carbocycles. The SMILES string of the molecule is CC(C)(C)c1ccc2c(c1)c1cc(C(C)(C)C)cc3c1n2-c1cc(-n2c4ccccc4c4ccccc42)c(N(c2ccccc2)c2ccccc2)c2c1C3c1cc(C(C)(C)C)cc3c4cc(C(C)(C)C)ccc4n-2c13. The van der Waals surface area contributed by atoms with E-state index in [4.69, 9.17) is 0 Å². The zero-order chi connectivity index (χ0) is 51.8. The number of aromatic nitrogens is 3. The van der Waals surface area contributed by atoms with Gasteiger partial charge in [0.15, 0.2) is 0 Å². The van der Waals surface area contributed by atoms with Crippen LogP contribution in [0.4, 0.5) is 17.1 Å². The van der Waals surface area contributed by atoms with Crippen molar-refractivity contribution in [2.75, 3.05) is 4.90 Å². The van der Waals surface area contributed by atoms with Gasteiger partial charge in [-0.2, -0.15) is 0 Å². The third-order valence-electron chi connectivity index (χ3n) is 17.0.